The van der Waals surface area contributed by atoms with E-state index in [1.54, 1.807) is 6.92 Å². The molecule has 0 atom stereocenters. The van der Waals surface area contributed by atoms with Gasteiger partial charge in [-0.2, -0.15) is 9.40 Å². The van der Waals surface area contributed by atoms with Crippen LogP contribution in [0.2, 0.25) is 10.0 Å². The summed E-state index contributed by atoms with van der Waals surface area (Å²) in [6.45, 7) is 4.21. The Kier molecular flexibility index (Phi) is 7.43. The van der Waals surface area contributed by atoms with Crippen molar-refractivity contribution in [1.29, 1.82) is 0 Å². The molecule has 0 bridgehead atoms. The highest BCUT2D eigenvalue weighted by molar-refractivity contribution is 7.89. The average Bonchev–Trinajstić information content (AvgIpc) is 3.01. The second kappa shape index (κ2) is 9.74. The predicted octanol–water partition coefficient (Wildman–Crippen LogP) is 3.32. The predicted molar refractivity (Wildman–Crippen MR) is 120 cm³/mol. The maximum absolute atomic E-state index is 13.0. The second-order valence-electron chi connectivity index (χ2n) is 7.48. The molecule has 1 saturated heterocycles. The van der Waals surface area contributed by atoms with Gasteiger partial charge in [-0.05, 0) is 38.8 Å². The van der Waals surface area contributed by atoms with Crippen LogP contribution in [0, 0.1) is 24.0 Å². The first-order valence-electron chi connectivity index (χ1n) is 10.00. The fourth-order valence-electron chi connectivity index (χ4n) is 3.69. The molecule has 10 nitrogen and oxygen atoms in total. The van der Waals surface area contributed by atoms with Gasteiger partial charge in [-0.15, -0.1) is 0 Å². The van der Waals surface area contributed by atoms with Crippen molar-refractivity contribution < 1.29 is 18.1 Å². The molecule has 1 aromatic carbocycles. The topological polar surface area (TPSA) is 127 Å². The Balaban J connectivity index is 1.77. The van der Waals surface area contributed by atoms with Crippen molar-refractivity contribution in [3.05, 3.63) is 49.2 Å². The molecule has 0 saturated carbocycles. The summed E-state index contributed by atoms with van der Waals surface area (Å²) in [7, 11) is -3.86. The average molecular weight is 504 g/mol. The number of halogens is 2. The van der Waals surface area contributed by atoms with Crippen LogP contribution < -0.4 is 5.32 Å². The number of piperidine rings is 1. The fourth-order valence-corrected chi connectivity index (χ4v) is 6.04. The van der Waals surface area contributed by atoms with Crippen LogP contribution in [-0.4, -0.2) is 53.0 Å². The normalized spacial score (nSPS) is 15.0. The lowest BCUT2D eigenvalue weighted by Crippen LogP contribution is -2.36. The third-order valence-corrected chi connectivity index (χ3v) is 8.01. The van der Waals surface area contributed by atoms with E-state index in [2.05, 4.69) is 10.4 Å². The molecule has 1 aliphatic heterocycles. The van der Waals surface area contributed by atoms with E-state index in [4.69, 9.17) is 23.2 Å². The lowest BCUT2D eigenvalue weighted by Gasteiger charge is -2.26. The van der Waals surface area contributed by atoms with Gasteiger partial charge in [0.25, 0.3) is 5.91 Å². The Bertz CT molecular complexity index is 1160. The van der Waals surface area contributed by atoms with E-state index in [0.29, 0.717) is 18.8 Å². The van der Waals surface area contributed by atoms with Crippen LogP contribution in [0.15, 0.2) is 17.0 Å². The van der Waals surface area contributed by atoms with Crippen LogP contribution in [0.4, 0.5) is 5.69 Å². The number of aryl methyl sites for hydroxylation is 1. The maximum Gasteiger partial charge on any atom is 0.312 e. The van der Waals surface area contributed by atoms with Crippen LogP contribution >= 0.6 is 23.2 Å². The quantitative estimate of drug-likeness (QED) is 0.455. The van der Waals surface area contributed by atoms with E-state index in [1.165, 1.54) is 28.0 Å². The summed E-state index contributed by atoms with van der Waals surface area (Å²) < 4.78 is 28.8. The Labute approximate surface area is 195 Å². The summed E-state index contributed by atoms with van der Waals surface area (Å²) in [6.07, 6.45) is 2.50. The molecule has 1 aliphatic rings. The Morgan fingerprint density at radius 2 is 1.84 bits per heavy atom. The number of hydrogen-bond donors (Lipinski definition) is 1. The van der Waals surface area contributed by atoms with Crippen molar-refractivity contribution in [2.24, 2.45) is 0 Å². The van der Waals surface area contributed by atoms with Crippen LogP contribution in [0.5, 0.6) is 0 Å². The molecule has 3 rings (SSSR count). The highest BCUT2D eigenvalue weighted by Crippen LogP contribution is 2.32. The summed E-state index contributed by atoms with van der Waals surface area (Å²) in [5.74, 6) is -0.585. The van der Waals surface area contributed by atoms with Gasteiger partial charge in [0.15, 0.2) is 0 Å². The molecule has 0 aliphatic carbocycles. The molecule has 1 fully saturated rings. The minimum atomic E-state index is -3.86. The number of carbonyl (C=O) groups is 1. The number of amides is 1. The largest absolute Gasteiger partial charge is 0.350 e. The van der Waals surface area contributed by atoms with Crippen LogP contribution in [0.3, 0.4) is 0 Å². The lowest BCUT2D eigenvalue weighted by atomic mass is 10.2. The van der Waals surface area contributed by atoms with Crippen molar-refractivity contribution in [3.63, 3.8) is 0 Å². The van der Waals surface area contributed by atoms with E-state index < -0.39 is 20.9 Å². The molecule has 1 N–H and O–H groups in total. The van der Waals surface area contributed by atoms with E-state index in [0.717, 1.165) is 19.3 Å². The smallest absolute Gasteiger partial charge is 0.312 e. The molecule has 0 unspecified atom stereocenters. The number of nitrogens with one attached hydrogen (secondary N) is 1. The molecule has 0 radical (unpaired) electrons. The maximum atomic E-state index is 13.0. The second-order valence-corrected chi connectivity index (χ2v) is 10.2. The van der Waals surface area contributed by atoms with Gasteiger partial charge in [-0.25, -0.2) is 8.42 Å². The molecule has 2 heterocycles. The number of nitrogens with zero attached hydrogens (tertiary/aromatic N) is 4. The summed E-state index contributed by atoms with van der Waals surface area (Å²) in [5, 5.41) is 17.9. The van der Waals surface area contributed by atoms with Crippen molar-refractivity contribution in [3.8, 4) is 0 Å². The van der Waals surface area contributed by atoms with Gasteiger partial charge in [-0.3, -0.25) is 19.6 Å². The van der Waals surface area contributed by atoms with Gasteiger partial charge >= 0.3 is 5.69 Å². The van der Waals surface area contributed by atoms with Gasteiger partial charge in [0.2, 0.25) is 10.0 Å². The van der Waals surface area contributed by atoms with Gasteiger partial charge in [0, 0.05) is 19.6 Å². The third kappa shape index (κ3) is 4.90. The van der Waals surface area contributed by atoms with Gasteiger partial charge in [-0.1, -0.05) is 29.6 Å². The van der Waals surface area contributed by atoms with Crippen LogP contribution in [0.1, 0.15) is 41.0 Å². The highest BCUT2D eigenvalue weighted by Gasteiger charge is 2.30. The molecular weight excluding hydrogens is 481 g/mol. The summed E-state index contributed by atoms with van der Waals surface area (Å²) in [4.78, 5) is 23.2. The Morgan fingerprint density at radius 3 is 2.44 bits per heavy atom. The fraction of sp³-hybridized carbons (Fsp3) is 0.474. The molecule has 1 aromatic heterocycles. The van der Waals surface area contributed by atoms with E-state index in [1.807, 2.05) is 0 Å². The summed E-state index contributed by atoms with van der Waals surface area (Å²) in [5.41, 5.74) is 0.573. The van der Waals surface area contributed by atoms with Crippen LogP contribution in [-0.2, 0) is 16.6 Å². The van der Waals surface area contributed by atoms with E-state index in [-0.39, 0.29) is 45.0 Å². The molecule has 1 amide bonds. The number of aromatic nitrogens is 2. The zero-order valence-corrected chi connectivity index (χ0v) is 19.9. The number of nitro groups is 1. The number of carbonyl (C=O) groups excluding carboxylic acids is 1. The van der Waals surface area contributed by atoms with E-state index >= 15 is 0 Å². The SMILES string of the molecule is Cc1nn(CCNC(=O)c2cc(S(=O)(=O)N3CCCCC3)c(Cl)cc2Cl)c(C)c1[N+](=O)[O-]. The molecule has 32 heavy (non-hydrogen) atoms. The Hall–Kier alpha value is -2.21. The zero-order valence-electron chi connectivity index (χ0n) is 17.6. The minimum Gasteiger partial charge on any atom is -0.350 e. The molecular formula is C19H23Cl2N5O5S. The number of rotatable bonds is 7. The summed E-state index contributed by atoms with van der Waals surface area (Å²) in [6, 6.07) is 2.44. The van der Waals surface area contributed by atoms with Crippen molar-refractivity contribution in [2.75, 3.05) is 19.6 Å². The Morgan fingerprint density at radius 1 is 1.19 bits per heavy atom. The number of sulfonamides is 1. The lowest BCUT2D eigenvalue weighted by molar-refractivity contribution is -0.386. The molecule has 174 valence electrons. The summed E-state index contributed by atoms with van der Waals surface area (Å²) >= 11 is 12.3. The monoisotopic (exact) mass is 503 g/mol. The van der Waals surface area contributed by atoms with Gasteiger partial charge in [0.05, 0.1) is 27.1 Å². The van der Waals surface area contributed by atoms with Crippen molar-refractivity contribution in [1.82, 2.24) is 19.4 Å². The standard InChI is InChI=1S/C19H23Cl2N5O5S/c1-12-18(26(28)29)13(2)25(23-12)9-6-22-19(27)14-10-17(16(21)11-15(14)20)32(30,31)24-7-4-3-5-8-24/h10-11H,3-9H2,1-2H3,(H,22,27). The first kappa shape index (κ1) is 24.4. The van der Waals surface area contributed by atoms with Crippen molar-refractivity contribution in [2.45, 2.75) is 44.6 Å². The highest BCUT2D eigenvalue weighted by atomic mass is 35.5. The number of hydrogen-bond acceptors (Lipinski definition) is 6. The zero-order chi connectivity index (χ0) is 23.6. The first-order valence-corrected chi connectivity index (χ1v) is 12.2. The van der Waals surface area contributed by atoms with Gasteiger partial charge < -0.3 is 5.32 Å². The molecule has 13 heteroatoms. The molecule has 0 spiro atoms. The van der Waals surface area contributed by atoms with Crippen LogP contribution in [0.25, 0.3) is 0 Å². The minimum absolute atomic E-state index is 0.0202. The van der Waals surface area contributed by atoms with E-state index in [9.17, 15) is 23.3 Å². The number of benzene rings is 1. The third-order valence-electron chi connectivity index (χ3n) is 5.33. The first-order chi connectivity index (χ1) is 15.0. The van der Waals surface area contributed by atoms with Crippen molar-refractivity contribution >= 4 is 44.8 Å². The van der Waals surface area contributed by atoms with Gasteiger partial charge in [0.1, 0.15) is 16.3 Å². The molecule has 2 aromatic rings.